The fourth-order valence-electron chi connectivity index (χ4n) is 4.84. The first-order valence-electron chi connectivity index (χ1n) is 14.5. The smallest absolute Gasteiger partial charge is 0.281 e. The van der Waals surface area contributed by atoms with Crippen molar-refractivity contribution in [3.63, 3.8) is 0 Å². The molecule has 12 nitrogen and oxygen atoms in total. The molecule has 1 aromatic carbocycles. The number of carbonyl (C=O) groups is 2. The molecule has 2 aliphatic heterocycles. The first-order chi connectivity index (χ1) is 20.3. The molecule has 12 heteroatoms. The van der Waals surface area contributed by atoms with Crippen molar-refractivity contribution in [1.29, 1.82) is 0 Å². The van der Waals surface area contributed by atoms with Crippen LogP contribution >= 0.6 is 0 Å². The zero-order chi connectivity index (χ0) is 29.7. The fourth-order valence-corrected chi connectivity index (χ4v) is 4.84. The number of ether oxygens (including phenoxy) is 3. The summed E-state index contributed by atoms with van der Waals surface area (Å²) in [6.45, 7) is 11.9. The second kappa shape index (κ2) is 12.9. The minimum Gasteiger partial charge on any atom is -0.491 e. The molecule has 224 valence electrons. The van der Waals surface area contributed by atoms with Crippen LogP contribution in [0.15, 0.2) is 35.5 Å². The Labute approximate surface area is 245 Å². The molecule has 0 atom stereocenters. The van der Waals surface area contributed by atoms with E-state index in [1.807, 2.05) is 37.5 Å². The molecule has 1 saturated heterocycles. The summed E-state index contributed by atoms with van der Waals surface area (Å²) in [6.07, 6.45) is 2.98. The van der Waals surface area contributed by atoms with E-state index in [9.17, 15) is 9.59 Å². The molecule has 2 N–H and O–H groups in total. The zero-order valence-corrected chi connectivity index (χ0v) is 24.7. The monoisotopic (exact) mass is 577 g/mol. The van der Waals surface area contributed by atoms with Crippen molar-refractivity contribution in [3.8, 4) is 11.5 Å². The van der Waals surface area contributed by atoms with Gasteiger partial charge in [0.25, 0.3) is 5.91 Å². The van der Waals surface area contributed by atoms with Gasteiger partial charge in [0.15, 0.2) is 11.5 Å². The number of fused-ring (bicyclic) bond motifs is 3. The molecule has 2 aliphatic rings. The Bertz CT molecular complexity index is 1510. The Kier molecular flexibility index (Phi) is 9.03. The number of carbonyl (C=O) groups excluding carboxylic acids is 2. The molecule has 0 unspecified atom stereocenters. The molecular weight excluding hydrogens is 538 g/mol. The number of nitrogens with one attached hydrogen (secondary N) is 2. The number of hydrogen-bond donors (Lipinski definition) is 2. The van der Waals surface area contributed by atoms with Crippen LogP contribution in [0.3, 0.4) is 0 Å². The van der Waals surface area contributed by atoms with Crippen molar-refractivity contribution in [1.82, 2.24) is 19.4 Å². The highest BCUT2D eigenvalue weighted by molar-refractivity contribution is 5.97. The van der Waals surface area contributed by atoms with Crippen molar-refractivity contribution in [3.05, 3.63) is 41.6 Å². The van der Waals surface area contributed by atoms with Crippen LogP contribution in [0.4, 0.5) is 11.6 Å². The average Bonchev–Trinajstić information content (AvgIpc) is 3.51. The molecule has 0 saturated carbocycles. The van der Waals surface area contributed by atoms with E-state index in [4.69, 9.17) is 19.2 Å². The normalized spacial score (nSPS) is 15.8. The molecule has 0 bridgehead atoms. The molecule has 2 aromatic heterocycles. The number of morpholine rings is 1. The predicted octanol–water partition coefficient (Wildman–Crippen LogP) is 3.08. The third kappa shape index (κ3) is 6.39. The fraction of sp³-hybridized carbons (Fsp3) is 0.500. The lowest BCUT2D eigenvalue weighted by molar-refractivity contribution is -0.124. The largest absolute Gasteiger partial charge is 0.491 e. The Morgan fingerprint density at radius 2 is 1.98 bits per heavy atom. The van der Waals surface area contributed by atoms with Crippen molar-refractivity contribution in [2.75, 3.05) is 63.7 Å². The summed E-state index contributed by atoms with van der Waals surface area (Å²) in [6, 6.07) is 7.05. The number of aromatic nitrogens is 3. The van der Waals surface area contributed by atoms with Gasteiger partial charge in [0, 0.05) is 49.7 Å². The quantitative estimate of drug-likeness (QED) is 0.349. The zero-order valence-electron chi connectivity index (χ0n) is 24.7. The number of nitrogens with zero attached hydrogens (tertiary/aromatic N) is 5. The minimum atomic E-state index is -0.520. The third-order valence-electron chi connectivity index (χ3n) is 7.84. The van der Waals surface area contributed by atoms with Crippen LogP contribution in [0.1, 0.15) is 44.0 Å². The Morgan fingerprint density at radius 3 is 2.69 bits per heavy atom. The number of hydrogen-bond acceptors (Lipinski definition) is 9. The van der Waals surface area contributed by atoms with Crippen LogP contribution in [0.2, 0.25) is 0 Å². The average molecular weight is 578 g/mol. The summed E-state index contributed by atoms with van der Waals surface area (Å²) >= 11 is 0. The third-order valence-corrected chi connectivity index (χ3v) is 7.84. The van der Waals surface area contributed by atoms with Gasteiger partial charge < -0.3 is 24.8 Å². The van der Waals surface area contributed by atoms with E-state index in [-0.39, 0.29) is 17.1 Å². The van der Waals surface area contributed by atoms with E-state index < -0.39 is 11.3 Å². The van der Waals surface area contributed by atoms with Crippen molar-refractivity contribution < 1.29 is 23.8 Å². The van der Waals surface area contributed by atoms with Gasteiger partial charge in [-0.25, -0.2) is 9.97 Å². The SMILES string of the molecule is CCC(C)(C)C(=O)Nc1ccc(C(=O)N=c2nc3c(OC)c(OCCCN4CCOCC4)ccc3c3n2CCN3)cn1. The van der Waals surface area contributed by atoms with Gasteiger partial charge in [0.05, 0.1) is 32.5 Å². The predicted molar refractivity (Wildman–Crippen MR) is 159 cm³/mol. The molecule has 0 spiro atoms. The molecule has 3 aromatic rings. The van der Waals surface area contributed by atoms with Crippen molar-refractivity contribution >= 4 is 34.4 Å². The van der Waals surface area contributed by atoms with Gasteiger partial charge in [-0.2, -0.15) is 4.99 Å². The molecule has 4 heterocycles. The summed E-state index contributed by atoms with van der Waals surface area (Å²) in [4.78, 5) is 41.4. The maximum atomic E-state index is 13.2. The molecule has 0 radical (unpaired) electrons. The topological polar surface area (TPSA) is 132 Å². The Morgan fingerprint density at radius 1 is 1.17 bits per heavy atom. The molecule has 0 aliphatic carbocycles. The Balaban J connectivity index is 1.38. The standard InChI is InChI=1S/C30H39N7O5/c1-5-30(2,3)28(39)33-23-10-7-20(19-32-23)27(38)35-29-34-24-21(26-31-11-13-37(26)29)8-9-22(25(24)40-4)42-16-6-12-36-14-17-41-18-15-36/h7-10,19,31H,5-6,11-18H2,1-4H3,(H,32,33,39). The summed E-state index contributed by atoms with van der Waals surface area (Å²) in [7, 11) is 1.58. The molecule has 1 fully saturated rings. The van der Waals surface area contributed by atoms with E-state index in [0.717, 1.165) is 50.5 Å². The summed E-state index contributed by atoms with van der Waals surface area (Å²) in [5.41, 5.74) is 0.588. The molecular formula is C30H39N7O5. The molecule has 42 heavy (non-hydrogen) atoms. The van der Waals surface area contributed by atoms with Crippen molar-refractivity contribution in [2.24, 2.45) is 10.4 Å². The van der Waals surface area contributed by atoms with Gasteiger partial charge in [-0.05, 0) is 37.1 Å². The number of amides is 2. The molecule has 5 rings (SSSR count). The van der Waals surface area contributed by atoms with Crippen molar-refractivity contribution in [2.45, 2.75) is 40.2 Å². The van der Waals surface area contributed by atoms with Crippen LogP contribution in [-0.2, 0) is 16.1 Å². The lowest BCUT2D eigenvalue weighted by atomic mass is 9.89. The number of pyridine rings is 1. The van der Waals surface area contributed by atoms with E-state index in [0.29, 0.717) is 49.0 Å². The second-order valence-electron chi connectivity index (χ2n) is 11.0. The Hall–Kier alpha value is -4.03. The van der Waals surface area contributed by atoms with Crippen LogP contribution < -0.4 is 25.7 Å². The van der Waals surface area contributed by atoms with E-state index in [1.165, 1.54) is 6.20 Å². The van der Waals surface area contributed by atoms with Gasteiger partial charge in [-0.3, -0.25) is 19.1 Å². The summed E-state index contributed by atoms with van der Waals surface area (Å²) in [5, 5.41) is 7.05. The lowest BCUT2D eigenvalue weighted by Crippen LogP contribution is -2.37. The highest BCUT2D eigenvalue weighted by Gasteiger charge is 2.26. The van der Waals surface area contributed by atoms with Crippen LogP contribution in [-0.4, -0.2) is 84.4 Å². The van der Waals surface area contributed by atoms with Crippen LogP contribution in [0.25, 0.3) is 10.9 Å². The lowest BCUT2D eigenvalue weighted by Gasteiger charge is -2.26. The summed E-state index contributed by atoms with van der Waals surface area (Å²) < 4.78 is 19.2. The van der Waals surface area contributed by atoms with Gasteiger partial charge >= 0.3 is 0 Å². The first-order valence-corrected chi connectivity index (χ1v) is 14.5. The van der Waals surface area contributed by atoms with Gasteiger partial charge in [-0.1, -0.05) is 20.8 Å². The van der Waals surface area contributed by atoms with E-state index >= 15 is 0 Å². The van der Waals surface area contributed by atoms with E-state index in [2.05, 4.69) is 25.5 Å². The first kappa shape index (κ1) is 29.5. The summed E-state index contributed by atoms with van der Waals surface area (Å²) in [5.74, 6) is 1.67. The van der Waals surface area contributed by atoms with Gasteiger partial charge in [0.1, 0.15) is 17.2 Å². The van der Waals surface area contributed by atoms with Crippen LogP contribution in [0, 0.1) is 5.41 Å². The number of benzene rings is 1. The number of methoxy groups -OCH3 is 1. The number of anilines is 2. The molecule has 2 amide bonds. The van der Waals surface area contributed by atoms with Gasteiger partial charge in [0.2, 0.25) is 11.5 Å². The van der Waals surface area contributed by atoms with E-state index in [1.54, 1.807) is 19.2 Å². The van der Waals surface area contributed by atoms with Crippen LogP contribution in [0.5, 0.6) is 11.5 Å². The minimum absolute atomic E-state index is 0.129. The highest BCUT2D eigenvalue weighted by atomic mass is 16.5. The van der Waals surface area contributed by atoms with Gasteiger partial charge in [-0.15, -0.1) is 0 Å². The maximum absolute atomic E-state index is 13.2. The number of rotatable bonds is 10. The second-order valence-corrected chi connectivity index (χ2v) is 11.0. The maximum Gasteiger partial charge on any atom is 0.281 e. The highest BCUT2D eigenvalue weighted by Crippen LogP contribution is 2.37.